The second kappa shape index (κ2) is 5.98. The van der Waals surface area contributed by atoms with Gasteiger partial charge in [0.25, 0.3) is 0 Å². The predicted octanol–water partition coefficient (Wildman–Crippen LogP) is 3.56. The van der Waals surface area contributed by atoms with Crippen molar-refractivity contribution in [3.05, 3.63) is 53.3 Å². The molecule has 2 heterocycles. The molecule has 0 aliphatic rings. The summed E-state index contributed by atoms with van der Waals surface area (Å²) < 4.78 is 0. The number of nitrogens with one attached hydrogen (secondary N) is 1. The number of nitrogens with two attached hydrogens (primary N) is 2. The summed E-state index contributed by atoms with van der Waals surface area (Å²) in [7, 11) is 0. The molecular weight excluding hydrogens is 314 g/mol. The van der Waals surface area contributed by atoms with Crippen LogP contribution in [0.4, 0.5) is 17.3 Å². The highest BCUT2D eigenvalue weighted by Crippen LogP contribution is 2.33. The molecule has 3 rings (SSSR count). The third-order valence-corrected chi connectivity index (χ3v) is 3.40. The van der Waals surface area contributed by atoms with Crippen LogP contribution in [0, 0.1) is 5.41 Å². The van der Waals surface area contributed by atoms with Crippen LogP contribution in [0.2, 0.25) is 5.02 Å². The van der Waals surface area contributed by atoms with E-state index in [1.807, 2.05) is 6.07 Å². The third-order valence-electron chi connectivity index (χ3n) is 3.17. The van der Waals surface area contributed by atoms with Crippen LogP contribution >= 0.6 is 11.6 Å². The summed E-state index contributed by atoms with van der Waals surface area (Å²) >= 11 is 6.03. The van der Waals surface area contributed by atoms with Crippen LogP contribution in [0.15, 0.2) is 53.0 Å². The molecule has 0 aliphatic carbocycles. The molecule has 0 unspecified atom stereocenters. The van der Waals surface area contributed by atoms with E-state index in [2.05, 4.69) is 20.2 Å². The minimum Gasteiger partial charge on any atom is -0.384 e. The summed E-state index contributed by atoms with van der Waals surface area (Å²) in [6.07, 6.45) is 3.11. The van der Waals surface area contributed by atoms with Crippen molar-refractivity contribution in [3.8, 4) is 0 Å². The van der Waals surface area contributed by atoms with E-state index in [1.165, 1.54) is 6.20 Å². The van der Waals surface area contributed by atoms with Gasteiger partial charge >= 0.3 is 0 Å². The van der Waals surface area contributed by atoms with Gasteiger partial charge in [-0.3, -0.25) is 5.41 Å². The van der Waals surface area contributed by atoms with Gasteiger partial charge in [0.15, 0.2) is 11.6 Å². The van der Waals surface area contributed by atoms with Gasteiger partial charge in [-0.25, -0.2) is 9.97 Å². The maximum absolute atomic E-state index is 7.33. The molecule has 0 aliphatic heterocycles. The summed E-state index contributed by atoms with van der Waals surface area (Å²) in [6, 6.07) is 8.62. The molecule has 2 aromatic heterocycles. The fraction of sp³-hybridized carbons (Fsp3) is 0. The topological polar surface area (TPSA) is 126 Å². The van der Waals surface area contributed by atoms with Gasteiger partial charge in [-0.05, 0) is 24.3 Å². The maximum atomic E-state index is 7.33. The largest absolute Gasteiger partial charge is 0.384 e. The van der Waals surface area contributed by atoms with Crippen molar-refractivity contribution in [2.24, 2.45) is 16.0 Å². The van der Waals surface area contributed by atoms with E-state index in [-0.39, 0.29) is 11.7 Å². The summed E-state index contributed by atoms with van der Waals surface area (Å²) in [4.78, 5) is 8.18. The van der Waals surface area contributed by atoms with Crippen LogP contribution in [0.3, 0.4) is 0 Å². The number of benzene rings is 1. The highest BCUT2D eigenvalue weighted by atomic mass is 35.5. The number of amidine groups is 1. The molecule has 114 valence electrons. The number of azo groups is 1. The molecule has 3 aromatic rings. The Bertz CT molecular complexity index is 914. The van der Waals surface area contributed by atoms with Crippen LogP contribution in [0.1, 0.15) is 5.56 Å². The van der Waals surface area contributed by atoms with Crippen molar-refractivity contribution in [2.75, 3.05) is 5.73 Å². The molecule has 0 atom stereocenters. The monoisotopic (exact) mass is 325 g/mol. The van der Waals surface area contributed by atoms with Gasteiger partial charge in [0, 0.05) is 33.8 Å². The van der Waals surface area contributed by atoms with Crippen molar-refractivity contribution in [2.45, 2.75) is 0 Å². The Morgan fingerprint density at radius 3 is 2.61 bits per heavy atom. The number of pyridine rings is 2. The molecule has 0 spiro atoms. The van der Waals surface area contributed by atoms with Gasteiger partial charge in [-0.1, -0.05) is 17.7 Å². The van der Waals surface area contributed by atoms with Crippen LogP contribution in [-0.2, 0) is 0 Å². The zero-order valence-electron chi connectivity index (χ0n) is 11.9. The number of aromatic nitrogens is 2. The van der Waals surface area contributed by atoms with E-state index in [0.717, 1.165) is 10.8 Å². The summed E-state index contributed by atoms with van der Waals surface area (Å²) in [5, 5.41) is 17.7. The van der Waals surface area contributed by atoms with Crippen molar-refractivity contribution < 1.29 is 0 Å². The van der Waals surface area contributed by atoms with Crippen molar-refractivity contribution in [1.82, 2.24) is 9.97 Å². The number of nitrogens with zero attached hydrogens (tertiary/aromatic N) is 4. The normalized spacial score (nSPS) is 11.2. The van der Waals surface area contributed by atoms with E-state index < -0.39 is 0 Å². The van der Waals surface area contributed by atoms with Crippen LogP contribution < -0.4 is 11.5 Å². The quantitative estimate of drug-likeness (QED) is 0.386. The summed E-state index contributed by atoms with van der Waals surface area (Å²) in [5.41, 5.74) is 12.2. The molecular formula is C15H12ClN7. The molecule has 0 amide bonds. The maximum Gasteiger partial charge on any atom is 0.174 e. The average molecular weight is 326 g/mol. The lowest BCUT2D eigenvalue weighted by Crippen LogP contribution is -2.10. The Hall–Kier alpha value is -3.06. The second-order valence-electron chi connectivity index (χ2n) is 4.74. The van der Waals surface area contributed by atoms with Gasteiger partial charge < -0.3 is 11.5 Å². The van der Waals surface area contributed by atoms with E-state index in [0.29, 0.717) is 22.1 Å². The molecule has 7 nitrogen and oxygen atoms in total. The number of hydrogen-bond donors (Lipinski definition) is 3. The molecule has 5 N–H and O–H groups in total. The summed E-state index contributed by atoms with van der Waals surface area (Å²) in [6.45, 7) is 0. The lowest BCUT2D eigenvalue weighted by atomic mass is 10.1. The first kappa shape index (κ1) is 14.9. The highest BCUT2D eigenvalue weighted by Gasteiger charge is 2.07. The van der Waals surface area contributed by atoms with Crippen molar-refractivity contribution >= 4 is 45.5 Å². The lowest BCUT2D eigenvalue weighted by Gasteiger charge is -2.04. The van der Waals surface area contributed by atoms with Crippen LogP contribution in [0.25, 0.3) is 10.8 Å². The Balaban J connectivity index is 2.01. The predicted molar refractivity (Wildman–Crippen MR) is 90.6 cm³/mol. The first-order valence-electron chi connectivity index (χ1n) is 6.60. The standard InChI is InChI=1S/C15H12ClN7/c16-10-3-1-8-6-21-15(19)13(11(8)5-10)23-22-12-4-2-9(7-20-12)14(17)18/h1-7H,(H3,17,18)(H2,19,21)/b23-22+. The van der Waals surface area contributed by atoms with E-state index in [9.17, 15) is 0 Å². The zero-order valence-corrected chi connectivity index (χ0v) is 12.6. The number of rotatable bonds is 3. The van der Waals surface area contributed by atoms with Gasteiger partial charge in [0.1, 0.15) is 11.5 Å². The Morgan fingerprint density at radius 1 is 1.09 bits per heavy atom. The minimum atomic E-state index is -0.0573. The molecule has 23 heavy (non-hydrogen) atoms. The molecule has 0 bridgehead atoms. The number of fused-ring (bicyclic) bond motifs is 1. The number of halogens is 1. The first-order valence-corrected chi connectivity index (χ1v) is 6.98. The van der Waals surface area contributed by atoms with Gasteiger partial charge in [-0.15, -0.1) is 10.2 Å². The fourth-order valence-corrected chi connectivity index (χ4v) is 2.17. The van der Waals surface area contributed by atoms with Crippen molar-refractivity contribution in [3.63, 3.8) is 0 Å². The first-order chi connectivity index (χ1) is 11.0. The molecule has 0 radical (unpaired) electrons. The molecule has 0 fully saturated rings. The van der Waals surface area contributed by atoms with Crippen LogP contribution in [-0.4, -0.2) is 15.8 Å². The van der Waals surface area contributed by atoms with E-state index in [4.69, 9.17) is 28.5 Å². The number of anilines is 1. The minimum absolute atomic E-state index is 0.0573. The summed E-state index contributed by atoms with van der Waals surface area (Å²) in [5.74, 6) is 0.565. The molecule has 0 saturated heterocycles. The fourth-order valence-electron chi connectivity index (χ4n) is 2.00. The lowest BCUT2D eigenvalue weighted by molar-refractivity contribution is 1.15. The highest BCUT2D eigenvalue weighted by molar-refractivity contribution is 6.31. The Labute approximate surface area is 136 Å². The SMILES string of the molecule is N=C(N)c1ccc(/N=N/c2c(N)ncc3ccc(Cl)cc23)nc1. The van der Waals surface area contributed by atoms with Gasteiger partial charge in [0.05, 0.1) is 0 Å². The Morgan fingerprint density at radius 2 is 1.91 bits per heavy atom. The second-order valence-corrected chi connectivity index (χ2v) is 5.18. The van der Waals surface area contributed by atoms with Crippen molar-refractivity contribution in [1.29, 1.82) is 5.41 Å². The Kier molecular flexibility index (Phi) is 3.86. The molecule has 8 heteroatoms. The van der Waals surface area contributed by atoms with E-state index in [1.54, 1.807) is 30.5 Å². The number of hydrogen-bond acceptors (Lipinski definition) is 6. The average Bonchev–Trinajstić information content (AvgIpc) is 2.54. The molecule has 1 aromatic carbocycles. The smallest absolute Gasteiger partial charge is 0.174 e. The van der Waals surface area contributed by atoms with Gasteiger partial charge in [0.2, 0.25) is 0 Å². The third kappa shape index (κ3) is 3.09. The molecule has 0 saturated carbocycles. The van der Waals surface area contributed by atoms with Crippen LogP contribution in [0.5, 0.6) is 0 Å². The van der Waals surface area contributed by atoms with E-state index >= 15 is 0 Å². The number of nitrogen functional groups attached to an aromatic ring is 2. The van der Waals surface area contributed by atoms with Gasteiger partial charge in [-0.2, -0.15) is 0 Å². The zero-order chi connectivity index (χ0) is 16.4.